The lowest BCUT2D eigenvalue weighted by Crippen LogP contribution is -2.45. The first kappa shape index (κ1) is 30.6. The van der Waals surface area contributed by atoms with E-state index in [1.165, 1.54) is 70.6 Å². The van der Waals surface area contributed by atoms with E-state index < -0.39 is 25.2 Å². The van der Waals surface area contributed by atoms with Crippen LogP contribution in [0.1, 0.15) is 110 Å². The highest BCUT2D eigenvalue weighted by atomic mass is 31.2. The third-order valence-electron chi connectivity index (χ3n) is 4.64. The molecule has 0 spiro atoms. The van der Waals surface area contributed by atoms with Gasteiger partial charge in [-0.3, -0.25) is 9.59 Å². The largest absolute Gasteiger partial charge is 0.466 e. The molecule has 0 saturated heterocycles. The molecule has 29 heavy (non-hydrogen) atoms. The predicted molar refractivity (Wildman–Crippen MR) is 112 cm³/mol. The monoisotopic (exact) mass is 440 g/mol. The summed E-state index contributed by atoms with van der Waals surface area (Å²) in [6.45, 7) is 3.26. The molecule has 0 aliphatic rings. The van der Waals surface area contributed by atoms with Gasteiger partial charge in [0.15, 0.2) is 11.6 Å². The zero-order valence-electron chi connectivity index (χ0n) is 18.0. The van der Waals surface area contributed by atoms with Crippen LogP contribution in [0.2, 0.25) is 0 Å². The highest BCUT2D eigenvalue weighted by molar-refractivity contribution is 7.45. The number of aliphatic hydroxyl groups is 2. The van der Waals surface area contributed by atoms with Crippen molar-refractivity contribution in [3.63, 3.8) is 0 Å². The Kier molecular flexibility index (Phi) is 19.1. The minimum atomic E-state index is -4.64. The third kappa shape index (κ3) is 23.5. The second-order valence-electron chi connectivity index (χ2n) is 7.51. The number of Topliss-reactive ketones (excluding diaryl/α,β-unsaturated/α-hetero) is 2. The van der Waals surface area contributed by atoms with Crippen LogP contribution in [-0.2, 0) is 14.2 Å². The molecule has 0 amide bonds. The Hall–Kier alpha value is -0.630. The summed E-state index contributed by atoms with van der Waals surface area (Å²) in [7, 11) is -4.64. The van der Waals surface area contributed by atoms with E-state index >= 15 is 0 Å². The minimum absolute atomic E-state index is 0.0601. The molecule has 0 aliphatic carbocycles. The van der Waals surface area contributed by atoms with Crippen molar-refractivity contribution in [1.29, 1.82) is 0 Å². The smallest absolute Gasteiger partial charge is 0.354 e. The maximum atomic E-state index is 11.5. The summed E-state index contributed by atoms with van der Waals surface area (Å²) in [5.41, 5.74) is 0. The summed E-state index contributed by atoms with van der Waals surface area (Å²) in [6.07, 6.45) is 17.2. The molecule has 0 bridgehead atoms. The van der Waals surface area contributed by atoms with Crippen LogP contribution >= 0.6 is 7.82 Å². The standard InChI is InChI=1S/C20H38O4.H3O4P/c1-3-4-5-6-7-8-9-10-11-12-13-14-15-16-17-19(22)20(23,24)18(2)21;1-5(2,3)4/h23-24H,3-17H2,1-2H3;(H3,1,2,3,4). The third-order valence-corrected chi connectivity index (χ3v) is 4.64. The minimum Gasteiger partial charge on any atom is -0.354 e. The zero-order chi connectivity index (χ0) is 22.8. The Bertz CT molecular complexity index is 465. The summed E-state index contributed by atoms with van der Waals surface area (Å²) < 4.78 is 8.88. The maximum Gasteiger partial charge on any atom is 0.466 e. The average Bonchev–Trinajstić information content (AvgIpc) is 2.60. The Morgan fingerprint density at radius 3 is 1.24 bits per heavy atom. The zero-order valence-corrected chi connectivity index (χ0v) is 18.9. The van der Waals surface area contributed by atoms with Crippen LogP contribution in [0.4, 0.5) is 0 Å². The Balaban J connectivity index is 0. The van der Waals surface area contributed by atoms with Crippen LogP contribution < -0.4 is 0 Å². The molecule has 174 valence electrons. The van der Waals surface area contributed by atoms with Crippen molar-refractivity contribution in [2.24, 2.45) is 0 Å². The average molecular weight is 441 g/mol. The Labute approximate surface area is 175 Å². The summed E-state index contributed by atoms with van der Waals surface area (Å²) in [6, 6.07) is 0. The van der Waals surface area contributed by atoms with Gasteiger partial charge in [-0.25, -0.2) is 4.57 Å². The summed E-state index contributed by atoms with van der Waals surface area (Å²) in [5, 5.41) is 18.6. The molecule has 0 atom stereocenters. The lowest BCUT2D eigenvalue weighted by Gasteiger charge is -2.16. The van der Waals surface area contributed by atoms with Gasteiger partial charge in [-0.1, -0.05) is 90.4 Å². The van der Waals surface area contributed by atoms with Crippen molar-refractivity contribution in [2.75, 3.05) is 0 Å². The molecule has 0 saturated carbocycles. The second kappa shape index (κ2) is 18.2. The van der Waals surface area contributed by atoms with Crippen molar-refractivity contribution < 1.29 is 39.0 Å². The Morgan fingerprint density at radius 2 is 0.966 bits per heavy atom. The van der Waals surface area contributed by atoms with Gasteiger partial charge in [-0.2, -0.15) is 0 Å². The van der Waals surface area contributed by atoms with Crippen LogP contribution in [0, 0.1) is 0 Å². The number of carbonyl (C=O) groups is 2. The van der Waals surface area contributed by atoms with E-state index in [4.69, 9.17) is 19.2 Å². The SMILES string of the molecule is CCCCCCCCCCCCCCCCC(=O)C(O)(O)C(C)=O.O=P(O)(O)O. The number of hydrogen-bond donors (Lipinski definition) is 5. The van der Waals surface area contributed by atoms with Crippen molar-refractivity contribution in [3.8, 4) is 0 Å². The second-order valence-corrected chi connectivity index (χ2v) is 8.54. The van der Waals surface area contributed by atoms with Crippen LogP contribution in [0.25, 0.3) is 0 Å². The lowest BCUT2D eigenvalue weighted by molar-refractivity contribution is -0.187. The number of phosphoric acid groups is 1. The maximum absolute atomic E-state index is 11.5. The quantitative estimate of drug-likeness (QED) is 0.0992. The fraction of sp³-hybridized carbons (Fsp3) is 0.900. The Morgan fingerprint density at radius 1 is 0.690 bits per heavy atom. The van der Waals surface area contributed by atoms with Crippen molar-refractivity contribution in [3.05, 3.63) is 0 Å². The molecule has 0 aromatic carbocycles. The van der Waals surface area contributed by atoms with E-state index in [0.29, 0.717) is 6.42 Å². The van der Waals surface area contributed by atoms with Crippen molar-refractivity contribution in [2.45, 2.75) is 116 Å². The molecule has 0 radical (unpaired) electrons. The predicted octanol–water partition coefficient (Wildman–Crippen LogP) is 3.77. The van der Waals surface area contributed by atoms with Gasteiger partial charge >= 0.3 is 7.82 Å². The van der Waals surface area contributed by atoms with Gasteiger partial charge in [-0.15, -0.1) is 0 Å². The van der Waals surface area contributed by atoms with E-state index in [2.05, 4.69) is 6.92 Å². The number of hydrogen-bond acceptors (Lipinski definition) is 5. The van der Waals surface area contributed by atoms with Crippen LogP contribution in [0.15, 0.2) is 0 Å². The van der Waals surface area contributed by atoms with E-state index in [9.17, 15) is 19.8 Å². The first-order valence-electron chi connectivity index (χ1n) is 10.7. The lowest BCUT2D eigenvalue weighted by atomic mass is 10.0. The number of ketones is 2. The molecule has 5 N–H and O–H groups in total. The van der Waals surface area contributed by atoms with Gasteiger partial charge in [-0.05, 0) is 6.42 Å². The van der Waals surface area contributed by atoms with E-state index in [1.807, 2.05) is 0 Å². The summed E-state index contributed by atoms with van der Waals surface area (Å²) >= 11 is 0. The summed E-state index contributed by atoms with van der Waals surface area (Å²) in [5.74, 6) is -4.47. The van der Waals surface area contributed by atoms with Crippen molar-refractivity contribution >= 4 is 19.4 Å². The van der Waals surface area contributed by atoms with E-state index in [0.717, 1.165) is 19.8 Å². The molecule has 8 nitrogen and oxygen atoms in total. The molecule has 0 fully saturated rings. The molecule has 0 heterocycles. The molecule has 9 heteroatoms. The van der Waals surface area contributed by atoms with E-state index in [-0.39, 0.29) is 6.42 Å². The normalized spacial score (nSPS) is 11.7. The van der Waals surface area contributed by atoms with Gasteiger partial charge in [0.05, 0.1) is 0 Å². The van der Waals surface area contributed by atoms with Gasteiger partial charge < -0.3 is 24.9 Å². The molecule has 0 unspecified atom stereocenters. The number of unbranched alkanes of at least 4 members (excludes halogenated alkanes) is 13. The first-order valence-corrected chi connectivity index (χ1v) is 12.3. The summed E-state index contributed by atoms with van der Waals surface area (Å²) in [4.78, 5) is 44.0. The van der Waals surface area contributed by atoms with Gasteiger partial charge in [0, 0.05) is 13.3 Å². The molecule has 0 aromatic rings. The topological polar surface area (TPSA) is 152 Å². The molecular weight excluding hydrogens is 399 g/mol. The van der Waals surface area contributed by atoms with Gasteiger partial charge in [0.25, 0.3) is 5.79 Å². The molecule has 0 aliphatic heterocycles. The van der Waals surface area contributed by atoms with Gasteiger partial charge in [0.1, 0.15) is 0 Å². The molecule has 0 aromatic heterocycles. The fourth-order valence-electron chi connectivity index (χ4n) is 2.85. The highest BCUT2D eigenvalue weighted by Gasteiger charge is 2.37. The first-order chi connectivity index (χ1) is 13.4. The van der Waals surface area contributed by atoms with E-state index in [1.54, 1.807) is 0 Å². The molecule has 0 rings (SSSR count). The number of rotatable bonds is 17. The van der Waals surface area contributed by atoms with Crippen LogP contribution in [0.3, 0.4) is 0 Å². The van der Waals surface area contributed by atoms with Crippen LogP contribution in [0.5, 0.6) is 0 Å². The van der Waals surface area contributed by atoms with Crippen LogP contribution in [-0.4, -0.2) is 42.2 Å². The molecular formula is C20H41O8P. The number of carbonyl (C=O) groups excluding carboxylic acids is 2. The van der Waals surface area contributed by atoms with Gasteiger partial charge in [0.2, 0.25) is 0 Å². The fourth-order valence-corrected chi connectivity index (χ4v) is 2.85. The highest BCUT2D eigenvalue weighted by Crippen LogP contribution is 2.25. The van der Waals surface area contributed by atoms with Crippen molar-refractivity contribution in [1.82, 2.24) is 0 Å².